The van der Waals surface area contributed by atoms with Crippen molar-refractivity contribution in [1.29, 1.82) is 0 Å². The molecule has 0 bridgehead atoms. The number of imidazole rings is 4. The number of aryl methyl sites for hydroxylation is 5. The van der Waals surface area contributed by atoms with Crippen molar-refractivity contribution in [3.8, 4) is 34.0 Å². The van der Waals surface area contributed by atoms with Gasteiger partial charge in [0.2, 0.25) is 5.95 Å². The highest BCUT2D eigenvalue weighted by molar-refractivity contribution is 9.10. The number of hydrogen-bond acceptors (Lipinski definition) is 23. The molecule has 7 aromatic carbocycles. The minimum absolute atomic E-state index is 0.0516. The van der Waals surface area contributed by atoms with Crippen molar-refractivity contribution < 1.29 is 67.4 Å². The van der Waals surface area contributed by atoms with E-state index in [1.54, 1.807) is 105 Å². The molecular formula is C79H69Br2FN16O17. The van der Waals surface area contributed by atoms with E-state index in [0.29, 0.717) is 65.6 Å². The highest BCUT2D eigenvalue weighted by atomic mass is 79.9. The summed E-state index contributed by atoms with van der Waals surface area (Å²) in [7, 11) is 3.84. The van der Waals surface area contributed by atoms with Crippen molar-refractivity contribution in [3.05, 3.63) is 339 Å². The van der Waals surface area contributed by atoms with Crippen molar-refractivity contribution in [3.63, 3.8) is 0 Å². The van der Waals surface area contributed by atoms with Gasteiger partial charge in [-0.15, -0.1) is 0 Å². The Bertz CT molecular complexity index is 5520. The van der Waals surface area contributed by atoms with Crippen molar-refractivity contribution >= 4 is 120 Å². The molecule has 0 aliphatic heterocycles. The molecule has 0 spiro atoms. The number of halogens is 3. The minimum atomic E-state index is -1.06. The monoisotopic (exact) mass is 1690 g/mol. The van der Waals surface area contributed by atoms with E-state index in [4.69, 9.17) is 5.11 Å². The number of carbonyl (C=O) groups is 5. The Hall–Kier alpha value is -14.9. The van der Waals surface area contributed by atoms with Gasteiger partial charge in [0.05, 0.1) is 118 Å². The summed E-state index contributed by atoms with van der Waals surface area (Å²) in [5.41, 5.74) is 11.6. The van der Waals surface area contributed by atoms with Gasteiger partial charge in [0.25, 0.3) is 28.7 Å². The van der Waals surface area contributed by atoms with Crippen LogP contribution >= 0.6 is 31.9 Å². The Morgan fingerprint density at radius 2 is 0.913 bits per heavy atom. The molecule has 0 aliphatic rings. The van der Waals surface area contributed by atoms with E-state index >= 15 is 0 Å². The second-order valence-corrected chi connectivity index (χ2v) is 25.6. The number of amides is 1. The summed E-state index contributed by atoms with van der Waals surface area (Å²) in [6.45, 7) is 12.5. The number of carboxylic acids is 1. The Morgan fingerprint density at radius 1 is 0.496 bits per heavy atom. The van der Waals surface area contributed by atoms with E-state index in [2.05, 4.69) is 93.2 Å². The van der Waals surface area contributed by atoms with Crippen LogP contribution in [0.15, 0.2) is 242 Å². The second-order valence-electron chi connectivity index (χ2n) is 23.7. The van der Waals surface area contributed by atoms with Gasteiger partial charge in [-0.3, -0.25) is 45.3 Å². The fraction of sp³-hybridized carbons (Fsp3) is 0.101. The normalized spacial score (nSPS) is 10.5. The predicted octanol–water partition coefficient (Wildman–Crippen LogP) is 16.3. The van der Waals surface area contributed by atoms with E-state index in [9.17, 15) is 68.8 Å². The van der Waals surface area contributed by atoms with Gasteiger partial charge in [-0.1, -0.05) is 74.8 Å². The quantitative estimate of drug-likeness (QED) is 0.0210. The number of methoxy groups -OCH3 is 3. The van der Waals surface area contributed by atoms with Gasteiger partial charge >= 0.3 is 23.9 Å². The second kappa shape index (κ2) is 42.3. The smallest absolute Gasteiger partial charge is 0.330 e. The molecule has 5 heterocycles. The summed E-state index contributed by atoms with van der Waals surface area (Å²) >= 11 is 6.18. The molecule has 33 nitrogen and oxygen atoms in total. The van der Waals surface area contributed by atoms with Crippen LogP contribution < -0.4 is 10.6 Å². The predicted molar refractivity (Wildman–Crippen MR) is 432 cm³/mol. The first-order valence-electron chi connectivity index (χ1n) is 33.3. The molecule has 0 aliphatic carbocycles. The Labute approximate surface area is 671 Å². The number of nitro groups is 4. The van der Waals surface area contributed by atoms with E-state index in [-0.39, 0.29) is 28.7 Å². The van der Waals surface area contributed by atoms with Crippen LogP contribution in [0.3, 0.4) is 0 Å². The Balaban J connectivity index is 0.000000208. The molecule has 12 rings (SSSR count). The van der Waals surface area contributed by atoms with E-state index in [1.807, 2.05) is 95.5 Å². The molecule has 36 heteroatoms. The topological polar surface area (TPSA) is 427 Å². The number of nitro benzene ring substituents is 4. The molecule has 3 N–H and O–H groups in total. The molecule has 0 unspecified atom stereocenters. The lowest BCUT2D eigenvalue weighted by molar-refractivity contribution is -0.385. The fourth-order valence-electron chi connectivity index (χ4n) is 9.72. The SMILES string of the molecule is C=CC(=O)OC.COC(=O)/C=C/c1cc(-n2cnc(C)c2)cc([N+](=O)[O-])c1.COC(=O)/C=C/c1cc(-n2cnc(C)c2)cc([N+](=O)[O-])c1.Cc1cn(-c2cc(/C=C/C(=O)O)cc(NC(=O)c3ccc(C)c(Nc4nccc(-c5ccccc5)n4)c3)c2)cn1.Cc1cn(-c2cc(Br)cc([N+](=O)[O-])c2)cn1.O=[N+]([O-])c1cc(F)cc(Br)c1. The van der Waals surface area contributed by atoms with Gasteiger partial charge < -0.3 is 48.2 Å². The number of carboxylic acid groups (broad SMARTS) is 1. The lowest BCUT2D eigenvalue weighted by Crippen LogP contribution is -2.13. The number of esters is 3. The number of nitrogens with one attached hydrogen (secondary N) is 2. The van der Waals surface area contributed by atoms with E-state index < -0.39 is 49.4 Å². The first-order chi connectivity index (χ1) is 54.8. The number of hydrogen-bond donors (Lipinski definition) is 3. The number of benzene rings is 7. The van der Waals surface area contributed by atoms with Gasteiger partial charge in [-0.25, -0.2) is 53.5 Å². The van der Waals surface area contributed by atoms with E-state index in [1.165, 1.54) is 94.2 Å². The summed E-state index contributed by atoms with van der Waals surface area (Å²) in [5.74, 6) is -3.04. The molecule has 0 atom stereocenters. The van der Waals surface area contributed by atoms with Crippen molar-refractivity contribution in [1.82, 2.24) is 48.2 Å². The molecule has 115 heavy (non-hydrogen) atoms. The first kappa shape index (κ1) is 87.3. The van der Waals surface area contributed by atoms with Crippen LogP contribution in [-0.4, -0.2) is 124 Å². The van der Waals surface area contributed by atoms with Gasteiger partial charge in [-0.05, 0) is 136 Å². The third kappa shape index (κ3) is 27.8. The number of carbonyl (C=O) groups excluding carboxylic acids is 4. The maximum Gasteiger partial charge on any atom is 0.330 e. The van der Waals surface area contributed by atoms with E-state index in [0.717, 1.165) is 69.6 Å². The van der Waals surface area contributed by atoms with Gasteiger partial charge in [0, 0.05) is 135 Å². The van der Waals surface area contributed by atoms with Crippen LogP contribution in [-0.2, 0) is 33.4 Å². The lowest BCUT2D eigenvalue weighted by Gasteiger charge is -2.13. The summed E-state index contributed by atoms with van der Waals surface area (Å²) in [5, 5.41) is 58.1. The first-order valence-corrected chi connectivity index (χ1v) is 34.9. The summed E-state index contributed by atoms with van der Waals surface area (Å²) in [6.07, 6.45) is 24.3. The minimum Gasteiger partial charge on any atom is -0.478 e. The van der Waals surface area contributed by atoms with Crippen LogP contribution in [0.5, 0.6) is 0 Å². The average molecular weight is 1690 g/mol. The molecule has 12 aromatic rings. The molecule has 0 saturated carbocycles. The lowest BCUT2D eigenvalue weighted by atomic mass is 10.1. The molecule has 588 valence electrons. The van der Waals surface area contributed by atoms with Crippen LogP contribution in [0, 0.1) is 80.9 Å². The molecule has 5 aromatic heterocycles. The number of nitrogens with zero attached hydrogens (tertiary/aromatic N) is 14. The molecule has 0 radical (unpaired) electrons. The van der Waals surface area contributed by atoms with Crippen molar-refractivity contribution in [2.75, 3.05) is 32.0 Å². The fourth-order valence-corrected chi connectivity index (χ4v) is 10.6. The summed E-state index contributed by atoms with van der Waals surface area (Å²) < 4.78 is 33.5. The zero-order valence-electron chi connectivity index (χ0n) is 62.2. The summed E-state index contributed by atoms with van der Waals surface area (Å²) in [6, 6.07) is 39.4. The number of rotatable bonds is 20. The maximum absolute atomic E-state index is 13.3. The Kier molecular flexibility index (Phi) is 32.1. The van der Waals surface area contributed by atoms with Crippen LogP contribution in [0.4, 0.5) is 44.5 Å². The number of ether oxygens (including phenoxy) is 3. The maximum atomic E-state index is 13.3. The van der Waals surface area contributed by atoms with Crippen molar-refractivity contribution in [2.24, 2.45) is 0 Å². The van der Waals surface area contributed by atoms with Crippen LogP contribution in [0.25, 0.3) is 52.2 Å². The van der Waals surface area contributed by atoms with Crippen LogP contribution in [0.2, 0.25) is 0 Å². The third-order valence-corrected chi connectivity index (χ3v) is 16.0. The molecule has 0 saturated heterocycles. The van der Waals surface area contributed by atoms with Gasteiger partial charge in [0.15, 0.2) is 0 Å². The molecule has 1 amide bonds. The Morgan fingerprint density at radius 3 is 1.32 bits per heavy atom. The zero-order valence-corrected chi connectivity index (χ0v) is 65.3. The number of aliphatic carboxylic acids is 1. The number of aromatic nitrogens is 10. The number of anilines is 3. The van der Waals surface area contributed by atoms with Gasteiger partial charge in [0.1, 0.15) is 5.82 Å². The highest BCUT2D eigenvalue weighted by Crippen LogP contribution is 2.29. The van der Waals surface area contributed by atoms with Crippen molar-refractivity contribution in [2.45, 2.75) is 34.6 Å². The third-order valence-electron chi connectivity index (χ3n) is 15.1. The standard InChI is InChI=1S/C31H26N6O3.2C14H13N3O4.C10H8BrN3O2.C6H3BrFNO2.C4H6O2/c1-20-8-10-24(16-28(20)36-31-32-13-12-27(35-31)23-6-4-3-5-7-23)30(40)34-25-14-22(9-11-29(38)39)15-26(17-25)37-18-21(2)33-19-37;2*1-10-8-16(9-15-10)12-5-11(3-4-14(18)21-2)6-13(7-12)17(19)20;1-7-5-13(6-12-7)9-2-8(11)3-10(4-9)14(15)16;7-4-1-5(8)3-6(2-4)9(10)11;1-3-4(5)6-2/h3-19H,1-2H3,(H,34,40)(H,38,39)(H,32,35,36);2*3-9H,1-2H3;2-6H,1H3;1-3H;3H,1H2,2H3/b11-9+;2*4-3+;;;. The van der Waals surface area contributed by atoms with Crippen LogP contribution in [0.1, 0.15) is 55.4 Å². The largest absolute Gasteiger partial charge is 0.478 e. The number of non-ortho nitro benzene ring substituents is 4. The summed E-state index contributed by atoms with van der Waals surface area (Å²) in [4.78, 5) is 123. The van der Waals surface area contributed by atoms with Gasteiger partial charge in [-0.2, -0.15) is 0 Å². The highest BCUT2D eigenvalue weighted by Gasteiger charge is 2.17. The molecule has 0 fully saturated rings. The molecular weight excluding hydrogens is 1620 g/mol. The zero-order chi connectivity index (χ0) is 84.0. The average Bonchev–Trinajstić information content (AvgIpc) is 1.83.